The summed E-state index contributed by atoms with van der Waals surface area (Å²) in [5.74, 6) is 0.904. The van der Waals surface area contributed by atoms with Crippen LogP contribution >= 0.6 is 35.3 Å². The van der Waals surface area contributed by atoms with Crippen molar-refractivity contribution < 1.29 is 8.42 Å². The summed E-state index contributed by atoms with van der Waals surface area (Å²) in [5.41, 5.74) is 0. The van der Waals surface area contributed by atoms with Crippen LogP contribution in [0.1, 0.15) is 26.2 Å². The van der Waals surface area contributed by atoms with E-state index >= 15 is 0 Å². The summed E-state index contributed by atoms with van der Waals surface area (Å²) in [6, 6.07) is 4.68. The van der Waals surface area contributed by atoms with Gasteiger partial charge in [-0.3, -0.25) is 4.99 Å². The van der Waals surface area contributed by atoms with Crippen molar-refractivity contribution in [2.24, 2.45) is 4.99 Å². The quantitative estimate of drug-likeness (QED) is 0.213. The molecule has 0 unspecified atom stereocenters. The molecule has 2 rings (SSSR count). The van der Waals surface area contributed by atoms with Gasteiger partial charge in [0, 0.05) is 39.3 Å². The zero-order chi connectivity index (χ0) is 18.1. The summed E-state index contributed by atoms with van der Waals surface area (Å²) in [5, 5.41) is 10.2. The molecule has 1 aliphatic rings. The summed E-state index contributed by atoms with van der Waals surface area (Å²) in [4.78, 5) is 6.69. The Kier molecular flexibility index (Phi) is 10.8. The molecule has 150 valence electrons. The minimum atomic E-state index is -3.10. The van der Waals surface area contributed by atoms with Crippen molar-refractivity contribution >= 4 is 56.3 Å². The summed E-state index contributed by atoms with van der Waals surface area (Å²) in [6.07, 6.45) is 2.88. The molecular weight excluding hydrogens is 485 g/mol. The molecule has 0 aromatic carbocycles. The molecule has 1 fully saturated rings. The molecule has 0 spiro atoms. The zero-order valence-electron chi connectivity index (χ0n) is 15.4. The molecule has 1 aromatic rings. The van der Waals surface area contributed by atoms with E-state index in [-0.39, 0.29) is 29.7 Å². The first kappa shape index (κ1) is 23.4. The van der Waals surface area contributed by atoms with E-state index < -0.39 is 10.0 Å². The summed E-state index contributed by atoms with van der Waals surface area (Å²) >= 11 is 1.79. The Bertz CT molecular complexity index is 629. The number of thiophene rings is 1. The first-order valence-electron chi connectivity index (χ1n) is 8.77. The van der Waals surface area contributed by atoms with Gasteiger partial charge in [-0.2, -0.15) is 0 Å². The maximum Gasteiger partial charge on any atom is 0.211 e. The number of hydrogen-bond donors (Lipinski definition) is 3. The van der Waals surface area contributed by atoms with Gasteiger partial charge in [-0.25, -0.2) is 13.1 Å². The van der Waals surface area contributed by atoms with Crippen LogP contribution in [-0.2, 0) is 10.0 Å². The topological polar surface area (TPSA) is 85.8 Å². The van der Waals surface area contributed by atoms with Gasteiger partial charge in [0.25, 0.3) is 0 Å². The second kappa shape index (κ2) is 12.0. The standard InChI is InChI=1S/C16H29N5O2S2.HI/c1-3-25(22,23)19-10-5-9-18-16(17-2)20-14-7-11-21(12-8-14)15-6-4-13-24-15;/h4,6,13-14,19H,3,5,7-12H2,1-2H3,(H2,17,18,20);1H. The van der Waals surface area contributed by atoms with Crippen molar-refractivity contribution in [2.75, 3.05) is 43.9 Å². The zero-order valence-corrected chi connectivity index (χ0v) is 19.4. The molecule has 0 saturated carbocycles. The Morgan fingerprint density at radius 2 is 2.08 bits per heavy atom. The molecule has 0 aliphatic carbocycles. The number of guanidine groups is 1. The van der Waals surface area contributed by atoms with Gasteiger partial charge >= 0.3 is 0 Å². The average Bonchev–Trinajstić information content (AvgIpc) is 3.15. The van der Waals surface area contributed by atoms with E-state index in [4.69, 9.17) is 0 Å². The molecule has 3 N–H and O–H groups in total. The number of rotatable bonds is 8. The monoisotopic (exact) mass is 515 g/mol. The van der Waals surface area contributed by atoms with Crippen LogP contribution in [-0.4, -0.2) is 59.4 Å². The molecule has 2 heterocycles. The Balaban J connectivity index is 0.00000338. The first-order chi connectivity index (χ1) is 12.0. The molecule has 10 heteroatoms. The molecule has 1 saturated heterocycles. The Morgan fingerprint density at radius 1 is 1.35 bits per heavy atom. The number of aliphatic imine (C=N–C) groups is 1. The van der Waals surface area contributed by atoms with Gasteiger partial charge in [-0.05, 0) is 43.7 Å². The number of anilines is 1. The predicted octanol–water partition coefficient (Wildman–Crippen LogP) is 1.83. The van der Waals surface area contributed by atoms with E-state index in [1.165, 1.54) is 5.00 Å². The third-order valence-electron chi connectivity index (χ3n) is 4.23. The number of piperidine rings is 1. The maximum atomic E-state index is 11.4. The smallest absolute Gasteiger partial charge is 0.211 e. The van der Waals surface area contributed by atoms with Crippen LogP contribution in [0.15, 0.2) is 22.5 Å². The number of sulfonamides is 1. The highest BCUT2D eigenvalue weighted by Crippen LogP contribution is 2.24. The van der Waals surface area contributed by atoms with E-state index in [0.29, 0.717) is 19.1 Å². The third-order valence-corrected chi connectivity index (χ3v) is 6.56. The molecule has 0 atom stereocenters. The van der Waals surface area contributed by atoms with Gasteiger partial charge < -0.3 is 15.5 Å². The van der Waals surface area contributed by atoms with Crippen LogP contribution in [0.4, 0.5) is 5.00 Å². The number of nitrogens with one attached hydrogen (secondary N) is 3. The van der Waals surface area contributed by atoms with Crippen LogP contribution in [0.2, 0.25) is 0 Å². The highest BCUT2D eigenvalue weighted by Gasteiger charge is 2.20. The molecule has 0 amide bonds. The van der Waals surface area contributed by atoms with Crippen LogP contribution in [0.25, 0.3) is 0 Å². The average molecular weight is 515 g/mol. The molecule has 26 heavy (non-hydrogen) atoms. The van der Waals surface area contributed by atoms with Crippen LogP contribution in [0.3, 0.4) is 0 Å². The van der Waals surface area contributed by atoms with E-state index in [0.717, 1.165) is 38.3 Å². The fraction of sp³-hybridized carbons (Fsp3) is 0.688. The van der Waals surface area contributed by atoms with E-state index in [2.05, 4.69) is 42.8 Å². The first-order valence-corrected chi connectivity index (χ1v) is 11.3. The summed E-state index contributed by atoms with van der Waals surface area (Å²) in [7, 11) is -1.34. The minimum Gasteiger partial charge on any atom is -0.363 e. The highest BCUT2D eigenvalue weighted by atomic mass is 127. The van der Waals surface area contributed by atoms with Crippen molar-refractivity contribution in [3.8, 4) is 0 Å². The Morgan fingerprint density at radius 3 is 2.65 bits per heavy atom. The van der Waals surface area contributed by atoms with Crippen molar-refractivity contribution in [3.05, 3.63) is 17.5 Å². The van der Waals surface area contributed by atoms with Gasteiger partial charge in [-0.1, -0.05) is 0 Å². The van der Waals surface area contributed by atoms with Crippen molar-refractivity contribution in [2.45, 2.75) is 32.2 Å². The number of hydrogen-bond acceptors (Lipinski definition) is 5. The fourth-order valence-electron chi connectivity index (χ4n) is 2.71. The van der Waals surface area contributed by atoms with Crippen LogP contribution < -0.4 is 20.3 Å². The SMILES string of the molecule is CCS(=O)(=O)NCCCNC(=NC)NC1CCN(c2cccs2)CC1.I. The second-order valence-corrected chi connectivity index (χ2v) is 9.03. The van der Waals surface area contributed by atoms with Crippen molar-refractivity contribution in [1.29, 1.82) is 0 Å². The van der Waals surface area contributed by atoms with Gasteiger partial charge in [0.1, 0.15) is 0 Å². The normalized spacial score (nSPS) is 16.2. The molecule has 7 nitrogen and oxygen atoms in total. The van der Waals surface area contributed by atoms with E-state index in [9.17, 15) is 8.42 Å². The molecular formula is C16H30IN5O2S2. The Hall–Kier alpha value is -0.590. The lowest BCUT2D eigenvalue weighted by Gasteiger charge is -2.33. The van der Waals surface area contributed by atoms with E-state index in [1.54, 1.807) is 25.3 Å². The largest absolute Gasteiger partial charge is 0.363 e. The minimum absolute atomic E-state index is 0. The lowest BCUT2D eigenvalue weighted by Crippen LogP contribution is -2.49. The Labute approximate surface area is 178 Å². The number of nitrogens with zero attached hydrogens (tertiary/aromatic N) is 2. The van der Waals surface area contributed by atoms with Crippen LogP contribution in [0.5, 0.6) is 0 Å². The summed E-state index contributed by atoms with van der Waals surface area (Å²) < 4.78 is 25.3. The van der Waals surface area contributed by atoms with E-state index in [1.807, 2.05) is 0 Å². The number of halogens is 1. The summed E-state index contributed by atoms with van der Waals surface area (Å²) in [6.45, 7) is 4.86. The predicted molar refractivity (Wildman–Crippen MR) is 122 cm³/mol. The molecule has 1 aromatic heterocycles. The maximum absolute atomic E-state index is 11.4. The molecule has 1 aliphatic heterocycles. The van der Waals surface area contributed by atoms with Gasteiger partial charge in [0.15, 0.2) is 5.96 Å². The third kappa shape index (κ3) is 7.97. The van der Waals surface area contributed by atoms with Crippen molar-refractivity contribution in [3.63, 3.8) is 0 Å². The van der Waals surface area contributed by atoms with Crippen LogP contribution in [0, 0.1) is 0 Å². The van der Waals surface area contributed by atoms with Gasteiger partial charge in [0.2, 0.25) is 10.0 Å². The molecule has 0 bridgehead atoms. The van der Waals surface area contributed by atoms with Gasteiger partial charge in [-0.15, -0.1) is 35.3 Å². The fourth-order valence-corrected chi connectivity index (χ4v) is 4.15. The molecule has 0 radical (unpaired) electrons. The lowest BCUT2D eigenvalue weighted by atomic mass is 10.1. The lowest BCUT2D eigenvalue weighted by molar-refractivity contribution is 0.462. The highest BCUT2D eigenvalue weighted by molar-refractivity contribution is 14.0. The van der Waals surface area contributed by atoms with Gasteiger partial charge in [0.05, 0.1) is 10.8 Å². The van der Waals surface area contributed by atoms with Crippen molar-refractivity contribution in [1.82, 2.24) is 15.4 Å². The second-order valence-electron chi connectivity index (χ2n) is 6.01.